The monoisotopic (exact) mass is 396 g/mol. The van der Waals surface area contributed by atoms with E-state index in [0.717, 1.165) is 43.2 Å². The molecule has 0 aromatic heterocycles. The Morgan fingerprint density at radius 2 is 1.41 bits per heavy atom. The minimum Gasteiger partial charge on any atom is -0.488 e. The van der Waals surface area contributed by atoms with Crippen molar-refractivity contribution in [1.82, 2.24) is 0 Å². The second-order valence-electron chi connectivity index (χ2n) is 9.34. The van der Waals surface area contributed by atoms with E-state index in [4.69, 9.17) is 14.2 Å². The van der Waals surface area contributed by atoms with Crippen molar-refractivity contribution >= 4 is 0 Å². The summed E-state index contributed by atoms with van der Waals surface area (Å²) in [6, 6.07) is 13.2. The number of fused-ring (bicyclic) bond motifs is 2. The number of quaternary nitrogens is 2. The smallest absolute Gasteiger partial charge is 0.231 e. The van der Waals surface area contributed by atoms with E-state index in [0.29, 0.717) is 6.79 Å². The molecule has 0 aliphatic carbocycles. The van der Waals surface area contributed by atoms with E-state index in [-0.39, 0.29) is 5.60 Å². The van der Waals surface area contributed by atoms with E-state index in [1.165, 1.54) is 42.9 Å². The lowest BCUT2D eigenvalue weighted by molar-refractivity contribution is -1.02. The van der Waals surface area contributed by atoms with E-state index < -0.39 is 0 Å². The van der Waals surface area contributed by atoms with Crippen molar-refractivity contribution in [3.63, 3.8) is 0 Å². The van der Waals surface area contributed by atoms with Gasteiger partial charge in [0.1, 0.15) is 50.6 Å². The first-order valence-electron chi connectivity index (χ1n) is 10.9. The molecular weight excluding hydrogens is 364 g/mol. The molecule has 1 fully saturated rings. The van der Waals surface area contributed by atoms with Gasteiger partial charge in [-0.3, -0.25) is 0 Å². The fraction of sp³-hybridized carbons (Fsp3) is 0.500. The van der Waals surface area contributed by atoms with Crippen LogP contribution in [0.3, 0.4) is 0 Å². The zero-order valence-electron chi connectivity index (χ0n) is 17.6. The molecule has 5 heteroatoms. The van der Waals surface area contributed by atoms with Crippen molar-refractivity contribution in [2.75, 3.05) is 33.0 Å². The minimum atomic E-state index is -0.0309. The Bertz CT molecular complexity index is 888. The maximum atomic E-state index is 6.14. The molecule has 5 rings (SSSR count). The molecule has 2 aromatic carbocycles. The summed E-state index contributed by atoms with van der Waals surface area (Å²) in [5.74, 6) is 2.85. The zero-order chi connectivity index (χ0) is 19.8. The van der Waals surface area contributed by atoms with Gasteiger partial charge in [-0.2, -0.15) is 0 Å². The van der Waals surface area contributed by atoms with Crippen LogP contribution in [0.25, 0.3) is 0 Å². The number of nitrogens with one attached hydrogen (secondary N) is 2. The first kappa shape index (κ1) is 18.8. The van der Waals surface area contributed by atoms with Crippen LogP contribution in [0.4, 0.5) is 0 Å². The van der Waals surface area contributed by atoms with Crippen LogP contribution in [0.2, 0.25) is 0 Å². The van der Waals surface area contributed by atoms with Gasteiger partial charge in [0.25, 0.3) is 0 Å². The summed E-state index contributed by atoms with van der Waals surface area (Å²) in [6.07, 6.45) is 2.22. The SMILES string of the molecule is CC1(C)CCc2cc(C[NH+]3CC[NH+](Cc4ccc5c(c4)OCO5)CC3)ccc2O1. The molecule has 3 aliphatic heterocycles. The highest BCUT2D eigenvalue weighted by atomic mass is 16.7. The molecule has 3 aliphatic rings. The van der Waals surface area contributed by atoms with Gasteiger partial charge in [0.15, 0.2) is 11.5 Å². The van der Waals surface area contributed by atoms with Crippen LogP contribution in [-0.2, 0) is 19.5 Å². The van der Waals surface area contributed by atoms with Gasteiger partial charge in [-0.15, -0.1) is 0 Å². The summed E-state index contributed by atoms with van der Waals surface area (Å²) in [4.78, 5) is 3.35. The summed E-state index contributed by atoms with van der Waals surface area (Å²) in [5.41, 5.74) is 4.14. The molecule has 3 heterocycles. The molecule has 29 heavy (non-hydrogen) atoms. The molecule has 2 N–H and O–H groups in total. The third kappa shape index (κ3) is 4.21. The van der Waals surface area contributed by atoms with Gasteiger partial charge in [0.05, 0.1) is 0 Å². The predicted molar refractivity (Wildman–Crippen MR) is 111 cm³/mol. The normalized spacial score (nSPS) is 24.6. The maximum absolute atomic E-state index is 6.14. The number of hydrogen-bond donors (Lipinski definition) is 2. The van der Waals surface area contributed by atoms with E-state index in [2.05, 4.69) is 44.2 Å². The molecule has 0 saturated carbocycles. The van der Waals surface area contributed by atoms with Gasteiger partial charge < -0.3 is 24.0 Å². The van der Waals surface area contributed by atoms with Crippen molar-refractivity contribution in [2.45, 2.75) is 45.4 Å². The topological polar surface area (TPSA) is 36.6 Å². The van der Waals surface area contributed by atoms with Crippen LogP contribution in [0.1, 0.15) is 37.0 Å². The average molecular weight is 397 g/mol. The van der Waals surface area contributed by atoms with Gasteiger partial charge in [0.2, 0.25) is 6.79 Å². The molecule has 0 unspecified atom stereocenters. The Balaban J connectivity index is 1.14. The van der Waals surface area contributed by atoms with E-state index in [9.17, 15) is 0 Å². The van der Waals surface area contributed by atoms with Gasteiger partial charge >= 0.3 is 0 Å². The van der Waals surface area contributed by atoms with Crippen LogP contribution < -0.4 is 24.0 Å². The zero-order valence-corrected chi connectivity index (χ0v) is 17.6. The standard InChI is InChI=1S/C24H30N2O3/c1-24(2)8-7-20-13-18(3-5-21(20)29-24)15-25-9-11-26(12-10-25)16-19-4-6-22-23(14-19)28-17-27-22/h3-6,13-14H,7-12,15-17H2,1-2H3/p+2. The number of hydrogen-bond acceptors (Lipinski definition) is 3. The third-order valence-corrected chi connectivity index (χ3v) is 6.52. The molecule has 0 radical (unpaired) electrons. The molecule has 1 saturated heterocycles. The summed E-state index contributed by atoms with van der Waals surface area (Å²) in [7, 11) is 0. The van der Waals surface area contributed by atoms with Crippen LogP contribution in [0, 0.1) is 0 Å². The van der Waals surface area contributed by atoms with Gasteiger partial charge in [0, 0.05) is 11.1 Å². The summed E-state index contributed by atoms with van der Waals surface area (Å²) >= 11 is 0. The molecule has 5 nitrogen and oxygen atoms in total. The van der Waals surface area contributed by atoms with E-state index in [1.54, 1.807) is 9.80 Å². The fourth-order valence-corrected chi connectivity index (χ4v) is 4.76. The largest absolute Gasteiger partial charge is 0.488 e. The molecular formula is C24H32N2O3+2. The van der Waals surface area contributed by atoms with Crippen molar-refractivity contribution < 1.29 is 24.0 Å². The summed E-state index contributed by atoms with van der Waals surface area (Å²) in [5, 5.41) is 0. The first-order chi connectivity index (χ1) is 14.0. The third-order valence-electron chi connectivity index (χ3n) is 6.52. The molecule has 2 aromatic rings. The predicted octanol–water partition coefficient (Wildman–Crippen LogP) is 1.00. The number of ether oxygens (including phenoxy) is 3. The quantitative estimate of drug-likeness (QED) is 0.810. The lowest BCUT2D eigenvalue weighted by atomic mass is 9.93. The highest BCUT2D eigenvalue weighted by Crippen LogP contribution is 2.33. The Hall–Kier alpha value is -2.24. The van der Waals surface area contributed by atoms with Crippen LogP contribution in [-0.4, -0.2) is 38.6 Å². The summed E-state index contributed by atoms with van der Waals surface area (Å²) < 4.78 is 17.1. The van der Waals surface area contributed by atoms with Crippen molar-refractivity contribution in [1.29, 1.82) is 0 Å². The average Bonchev–Trinajstić information content (AvgIpc) is 3.17. The second-order valence-corrected chi connectivity index (χ2v) is 9.34. The molecule has 0 bridgehead atoms. The van der Waals surface area contributed by atoms with Crippen LogP contribution in [0.15, 0.2) is 36.4 Å². The highest BCUT2D eigenvalue weighted by Gasteiger charge is 2.28. The van der Waals surface area contributed by atoms with Crippen molar-refractivity contribution in [3.8, 4) is 17.2 Å². The fourth-order valence-electron chi connectivity index (χ4n) is 4.76. The molecule has 154 valence electrons. The van der Waals surface area contributed by atoms with Crippen molar-refractivity contribution in [2.24, 2.45) is 0 Å². The lowest BCUT2D eigenvalue weighted by Gasteiger charge is -2.33. The number of piperazine rings is 1. The van der Waals surface area contributed by atoms with Gasteiger partial charge in [-0.1, -0.05) is 0 Å². The van der Waals surface area contributed by atoms with Crippen LogP contribution in [0.5, 0.6) is 17.2 Å². The molecule has 0 amide bonds. The highest BCUT2D eigenvalue weighted by molar-refractivity contribution is 5.44. The Labute approximate surface area is 173 Å². The maximum Gasteiger partial charge on any atom is 0.231 e. The van der Waals surface area contributed by atoms with Crippen molar-refractivity contribution in [3.05, 3.63) is 53.1 Å². The number of benzene rings is 2. The van der Waals surface area contributed by atoms with Gasteiger partial charge in [-0.25, -0.2) is 0 Å². The van der Waals surface area contributed by atoms with Gasteiger partial charge in [-0.05, 0) is 68.7 Å². The minimum absolute atomic E-state index is 0.0309. The molecule has 0 spiro atoms. The van der Waals surface area contributed by atoms with Crippen LogP contribution >= 0.6 is 0 Å². The molecule has 0 atom stereocenters. The first-order valence-corrected chi connectivity index (χ1v) is 10.9. The van der Waals surface area contributed by atoms with E-state index in [1.807, 2.05) is 6.07 Å². The number of aryl methyl sites for hydroxylation is 1. The number of rotatable bonds is 4. The van der Waals surface area contributed by atoms with E-state index >= 15 is 0 Å². The Morgan fingerprint density at radius 3 is 2.14 bits per heavy atom. The Morgan fingerprint density at radius 1 is 0.793 bits per heavy atom. The second kappa shape index (κ2) is 7.54. The summed E-state index contributed by atoms with van der Waals surface area (Å²) in [6.45, 7) is 11.8. The Kier molecular flexibility index (Phi) is 4.88. The lowest BCUT2D eigenvalue weighted by Crippen LogP contribution is -3.27.